The highest BCUT2D eigenvalue weighted by Crippen LogP contribution is 2.52. The Hall–Kier alpha value is -8.20. The molecule has 0 N–H and O–H groups in total. The monoisotopic (exact) mass is 830 g/mol. The van der Waals surface area contributed by atoms with Crippen molar-refractivity contribution < 1.29 is 0 Å². The first-order chi connectivity index (χ1) is 32.0. The second-order valence-corrected chi connectivity index (χ2v) is 17.6. The van der Waals surface area contributed by atoms with Crippen molar-refractivity contribution >= 4 is 38.9 Å². The van der Waals surface area contributed by atoms with E-state index in [4.69, 9.17) is 0 Å². The first-order valence-corrected chi connectivity index (χ1v) is 22.6. The van der Waals surface area contributed by atoms with Crippen molar-refractivity contribution in [3.63, 3.8) is 0 Å². The molecule has 0 unspecified atom stereocenters. The lowest BCUT2D eigenvalue weighted by atomic mass is 9.81. The van der Waals surface area contributed by atoms with Crippen LogP contribution in [0.2, 0.25) is 0 Å². The van der Waals surface area contributed by atoms with Crippen molar-refractivity contribution in [2.45, 2.75) is 19.3 Å². The summed E-state index contributed by atoms with van der Waals surface area (Å²) in [6.07, 6.45) is 0. The van der Waals surface area contributed by atoms with E-state index in [1.807, 2.05) is 0 Å². The Morgan fingerprint density at radius 2 is 0.892 bits per heavy atom. The number of anilines is 3. The largest absolute Gasteiger partial charge is 0.309 e. The van der Waals surface area contributed by atoms with E-state index in [1.165, 1.54) is 83.1 Å². The van der Waals surface area contributed by atoms with Crippen LogP contribution in [0.3, 0.4) is 0 Å². The average molecular weight is 831 g/mol. The lowest BCUT2D eigenvalue weighted by Crippen LogP contribution is -2.14. The molecule has 0 amide bonds. The van der Waals surface area contributed by atoms with Gasteiger partial charge in [-0.25, -0.2) is 0 Å². The zero-order valence-electron chi connectivity index (χ0n) is 36.5. The Morgan fingerprint density at radius 1 is 0.354 bits per heavy atom. The third-order valence-corrected chi connectivity index (χ3v) is 13.6. The van der Waals surface area contributed by atoms with Gasteiger partial charge < -0.3 is 9.47 Å². The maximum Gasteiger partial charge on any atom is 0.0562 e. The number of hydrogen-bond donors (Lipinski definition) is 0. The van der Waals surface area contributed by atoms with Crippen LogP contribution in [0.5, 0.6) is 0 Å². The van der Waals surface area contributed by atoms with Crippen LogP contribution in [0.15, 0.2) is 243 Å². The number of para-hydroxylation sites is 2. The zero-order valence-corrected chi connectivity index (χ0v) is 36.5. The number of aromatic nitrogens is 1. The van der Waals surface area contributed by atoms with Gasteiger partial charge in [0, 0.05) is 33.1 Å². The maximum atomic E-state index is 2.51. The Bertz CT molecular complexity index is 3550. The Labute approximate surface area is 381 Å². The normalized spacial score (nSPS) is 12.6. The summed E-state index contributed by atoms with van der Waals surface area (Å²) in [6, 6.07) is 88.9. The molecule has 1 aliphatic rings. The summed E-state index contributed by atoms with van der Waals surface area (Å²) in [5, 5.41) is 2.40. The molecule has 0 fully saturated rings. The van der Waals surface area contributed by atoms with Crippen LogP contribution >= 0.6 is 0 Å². The smallest absolute Gasteiger partial charge is 0.0562 e. The van der Waals surface area contributed by atoms with Gasteiger partial charge in [-0.3, -0.25) is 0 Å². The van der Waals surface area contributed by atoms with Gasteiger partial charge in [-0.15, -0.1) is 0 Å². The minimum atomic E-state index is -0.0769. The van der Waals surface area contributed by atoms with E-state index in [0.717, 1.165) is 28.3 Å². The molecule has 2 nitrogen and oxygen atoms in total. The predicted octanol–water partition coefficient (Wildman–Crippen LogP) is 17.2. The second kappa shape index (κ2) is 15.6. The third kappa shape index (κ3) is 6.32. The minimum Gasteiger partial charge on any atom is -0.309 e. The van der Waals surface area contributed by atoms with Gasteiger partial charge in [0.25, 0.3) is 0 Å². The highest BCUT2D eigenvalue weighted by atomic mass is 15.2. The molecule has 1 aromatic heterocycles. The zero-order chi connectivity index (χ0) is 43.5. The molecule has 2 heteroatoms. The van der Waals surface area contributed by atoms with Crippen molar-refractivity contribution in [3.8, 4) is 61.3 Å². The van der Waals surface area contributed by atoms with Crippen molar-refractivity contribution in [1.29, 1.82) is 0 Å². The lowest BCUT2D eigenvalue weighted by molar-refractivity contribution is 0.660. The summed E-state index contributed by atoms with van der Waals surface area (Å²) in [5.74, 6) is 0. The predicted molar refractivity (Wildman–Crippen MR) is 275 cm³/mol. The van der Waals surface area contributed by atoms with Crippen LogP contribution in [-0.4, -0.2) is 4.57 Å². The molecule has 0 bridgehead atoms. The molecular weight excluding hydrogens is 785 g/mol. The summed E-state index contributed by atoms with van der Waals surface area (Å²) < 4.78 is 2.41. The maximum absolute atomic E-state index is 2.51. The molecule has 10 aromatic carbocycles. The summed E-state index contributed by atoms with van der Waals surface area (Å²) in [4.78, 5) is 2.51. The standard InChI is InChI=1S/C63H46N2/c1-63(2)55-31-16-14-27-51(55)52-41-38-46(42-56(52)63)43-36-39-48(40-37-43)65(60-35-19-34-59-62(60)54-29-15-17-32-57(54)64(59)47-24-10-5-11-25-47)58-33-18-30-50(45-22-8-4-9-23-45)61(58)53-28-13-12-26-49(53)44-20-6-3-7-21-44/h3-42H,1-2H3. The minimum absolute atomic E-state index is 0.0769. The fraction of sp³-hybridized carbons (Fsp3) is 0.0476. The first-order valence-electron chi connectivity index (χ1n) is 22.6. The van der Waals surface area contributed by atoms with E-state index in [-0.39, 0.29) is 5.41 Å². The highest BCUT2D eigenvalue weighted by molar-refractivity contribution is 6.17. The van der Waals surface area contributed by atoms with Crippen molar-refractivity contribution in [3.05, 3.63) is 254 Å². The molecule has 1 aliphatic carbocycles. The van der Waals surface area contributed by atoms with Gasteiger partial charge in [0.1, 0.15) is 0 Å². The van der Waals surface area contributed by atoms with Gasteiger partial charge >= 0.3 is 0 Å². The number of nitrogens with zero attached hydrogens (tertiary/aromatic N) is 2. The summed E-state index contributed by atoms with van der Waals surface area (Å²) in [6.45, 7) is 4.71. The Kier molecular flexibility index (Phi) is 9.21. The van der Waals surface area contributed by atoms with Crippen LogP contribution in [0.4, 0.5) is 17.1 Å². The molecule has 1 heterocycles. The number of hydrogen-bond acceptors (Lipinski definition) is 1. The molecule has 0 saturated heterocycles. The number of rotatable bonds is 8. The molecule has 0 spiro atoms. The van der Waals surface area contributed by atoms with Crippen LogP contribution in [0.25, 0.3) is 83.1 Å². The van der Waals surface area contributed by atoms with Gasteiger partial charge in [-0.1, -0.05) is 202 Å². The molecule has 0 radical (unpaired) electrons. The molecule has 12 rings (SSSR count). The Balaban J connectivity index is 1.12. The highest BCUT2D eigenvalue weighted by Gasteiger charge is 2.35. The molecule has 11 aromatic rings. The van der Waals surface area contributed by atoms with Gasteiger partial charge in [0.05, 0.1) is 22.4 Å². The van der Waals surface area contributed by atoms with Gasteiger partial charge in [-0.05, 0) is 116 Å². The molecule has 0 saturated carbocycles. The lowest BCUT2D eigenvalue weighted by Gasteiger charge is -2.31. The topological polar surface area (TPSA) is 8.17 Å². The van der Waals surface area contributed by atoms with Gasteiger partial charge in [0.2, 0.25) is 0 Å². The first kappa shape index (κ1) is 38.5. The van der Waals surface area contributed by atoms with E-state index in [0.29, 0.717) is 0 Å². The average Bonchev–Trinajstić information content (AvgIpc) is 3.83. The number of fused-ring (bicyclic) bond motifs is 6. The van der Waals surface area contributed by atoms with Crippen molar-refractivity contribution in [2.75, 3.05) is 4.90 Å². The van der Waals surface area contributed by atoms with E-state index in [1.54, 1.807) is 0 Å². The third-order valence-electron chi connectivity index (χ3n) is 13.6. The fourth-order valence-corrected chi connectivity index (χ4v) is 10.6. The number of benzene rings is 10. The summed E-state index contributed by atoms with van der Waals surface area (Å²) >= 11 is 0. The van der Waals surface area contributed by atoms with Crippen LogP contribution < -0.4 is 4.90 Å². The molecule has 0 atom stereocenters. The molecule has 0 aliphatic heterocycles. The second-order valence-electron chi connectivity index (χ2n) is 17.6. The molecule has 65 heavy (non-hydrogen) atoms. The van der Waals surface area contributed by atoms with E-state index >= 15 is 0 Å². The quantitative estimate of drug-likeness (QED) is 0.148. The summed E-state index contributed by atoms with van der Waals surface area (Å²) in [5.41, 5.74) is 21.6. The van der Waals surface area contributed by atoms with E-state index in [9.17, 15) is 0 Å². The molecular formula is C63H46N2. The van der Waals surface area contributed by atoms with E-state index < -0.39 is 0 Å². The van der Waals surface area contributed by atoms with E-state index in [2.05, 4.69) is 266 Å². The summed E-state index contributed by atoms with van der Waals surface area (Å²) in [7, 11) is 0. The fourth-order valence-electron chi connectivity index (χ4n) is 10.6. The van der Waals surface area contributed by atoms with Crippen LogP contribution in [0.1, 0.15) is 25.0 Å². The Morgan fingerprint density at radius 3 is 1.65 bits per heavy atom. The molecule has 308 valence electrons. The van der Waals surface area contributed by atoms with Crippen molar-refractivity contribution in [2.24, 2.45) is 0 Å². The van der Waals surface area contributed by atoms with Gasteiger partial charge in [0.15, 0.2) is 0 Å². The SMILES string of the molecule is CC1(C)c2ccccc2-c2ccc(-c3ccc(N(c4cccc(-c5ccccc5)c4-c4ccccc4-c4ccccc4)c4cccc5c4c4ccccc4n5-c4ccccc4)cc3)cc21. The van der Waals surface area contributed by atoms with Crippen LogP contribution in [-0.2, 0) is 5.41 Å². The van der Waals surface area contributed by atoms with Crippen LogP contribution in [0, 0.1) is 0 Å². The van der Waals surface area contributed by atoms with Gasteiger partial charge in [-0.2, -0.15) is 0 Å². The van der Waals surface area contributed by atoms with Crippen molar-refractivity contribution in [1.82, 2.24) is 4.57 Å².